The molecule has 2 aromatic rings. The van der Waals surface area contributed by atoms with Crippen molar-refractivity contribution in [1.82, 2.24) is 4.31 Å². The van der Waals surface area contributed by atoms with Crippen molar-refractivity contribution in [3.8, 4) is 5.75 Å². The lowest BCUT2D eigenvalue weighted by Gasteiger charge is -2.31. The Labute approximate surface area is 164 Å². The molecule has 3 rings (SSSR count). The number of hydrogen-bond donors (Lipinski definition) is 1. The number of amides is 1. The highest BCUT2D eigenvalue weighted by atomic mass is 35.5. The summed E-state index contributed by atoms with van der Waals surface area (Å²) in [5.74, 6) is 0.00205. The number of halogens is 1. The standard InChI is InChI=1S/C19H21ClN2O4S/c1-26-17-8-10-18(11-9-17)27(24,25)22-12-2-3-14(13-22)19(23)21-16-6-4-15(20)5-7-16/h4-11,14H,2-3,12-13H2,1H3,(H,21,23)/t14-/m1/s1. The molecule has 1 fully saturated rings. The quantitative estimate of drug-likeness (QED) is 0.822. The summed E-state index contributed by atoms with van der Waals surface area (Å²) < 4.78 is 32.2. The van der Waals surface area contributed by atoms with Crippen LogP contribution in [0.3, 0.4) is 0 Å². The van der Waals surface area contributed by atoms with Crippen molar-refractivity contribution in [3.63, 3.8) is 0 Å². The van der Waals surface area contributed by atoms with Crippen molar-refractivity contribution in [3.05, 3.63) is 53.6 Å². The fourth-order valence-electron chi connectivity index (χ4n) is 3.05. The Morgan fingerprint density at radius 1 is 1.15 bits per heavy atom. The third-order valence-electron chi connectivity index (χ3n) is 4.56. The Kier molecular flexibility index (Phi) is 6.04. The van der Waals surface area contributed by atoms with Gasteiger partial charge in [0, 0.05) is 23.8 Å². The number of anilines is 1. The maximum absolute atomic E-state index is 12.9. The van der Waals surface area contributed by atoms with Crippen LogP contribution in [-0.4, -0.2) is 38.8 Å². The summed E-state index contributed by atoms with van der Waals surface area (Å²) in [5, 5.41) is 3.42. The van der Waals surface area contributed by atoms with Gasteiger partial charge in [0.15, 0.2) is 0 Å². The van der Waals surface area contributed by atoms with Crippen LogP contribution < -0.4 is 10.1 Å². The zero-order valence-corrected chi connectivity index (χ0v) is 16.5. The Morgan fingerprint density at radius 3 is 2.44 bits per heavy atom. The molecule has 0 aliphatic carbocycles. The molecule has 1 N–H and O–H groups in total. The predicted molar refractivity (Wildman–Crippen MR) is 105 cm³/mol. The lowest BCUT2D eigenvalue weighted by atomic mass is 9.99. The van der Waals surface area contributed by atoms with E-state index in [-0.39, 0.29) is 17.3 Å². The van der Waals surface area contributed by atoms with Crippen LogP contribution in [0.5, 0.6) is 5.75 Å². The molecule has 6 nitrogen and oxygen atoms in total. The largest absolute Gasteiger partial charge is 0.497 e. The molecular weight excluding hydrogens is 388 g/mol. The first-order chi connectivity index (χ1) is 12.9. The molecule has 0 radical (unpaired) electrons. The number of sulfonamides is 1. The molecule has 0 unspecified atom stereocenters. The van der Waals surface area contributed by atoms with Gasteiger partial charge in [-0.05, 0) is 61.4 Å². The van der Waals surface area contributed by atoms with Gasteiger partial charge in [0.05, 0.1) is 17.9 Å². The minimum atomic E-state index is -3.65. The molecular formula is C19H21ClN2O4S. The summed E-state index contributed by atoms with van der Waals surface area (Å²) >= 11 is 5.85. The van der Waals surface area contributed by atoms with E-state index in [4.69, 9.17) is 16.3 Å². The Bertz CT molecular complexity index is 898. The summed E-state index contributed by atoms with van der Waals surface area (Å²) in [6.07, 6.45) is 1.28. The van der Waals surface area contributed by atoms with E-state index < -0.39 is 15.9 Å². The van der Waals surface area contributed by atoms with Crippen molar-refractivity contribution in [2.45, 2.75) is 17.7 Å². The highest BCUT2D eigenvalue weighted by molar-refractivity contribution is 7.89. The number of nitrogens with zero attached hydrogens (tertiary/aromatic N) is 1. The van der Waals surface area contributed by atoms with Crippen molar-refractivity contribution < 1.29 is 17.9 Å². The van der Waals surface area contributed by atoms with E-state index in [2.05, 4.69) is 5.32 Å². The van der Waals surface area contributed by atoms with E-state index in [1.54, 1.807) is 36.4 Å². The molecule has 0 spiro atoms. The maximum atomic E-state index is 12.9. The molecule has 27 heavy (non-hydrogen) atoms. The SMILES string of the molecule is COc1ccc(S(=O)(=O)N2CCC[C@@H](C(=O)Nc3ccc(Cl)cc3)C2)cc1. The molecule has 144 valence electrons. The van der Waals surface area contributed by atoms with Crippen LogP contribution in [0.1, 0.15) is 12.8 Å². The van der Waals surface area contributed by atoms with Gasteiger partial charge >= 0.3 is 0 Å². The molecule has 1 heterocycles. The highest BCUT2D eigenvalue weighted by Gasteiger charge is 2.33. The summed E-state index contributed by atoms with van der Waals surface area (Å²) in [5.41, 5.74) is 0.638. The number of rotatable bonds is 5. The second-order valence-corrected chi connectivity index (χ2v) is 8.75. The Morgan fingerprint density at radius 2 is 1.81 bits per heavy atom. The Balaban J connectivity index is 1.70. The molecule has 1 aliphatic rings. The van der Waals surface area contributed by atoms with Crippen LogP contribution in [0, 0.1) is 5.92 Å². The van der Waals surface area contributed by atoms with Crippen molar-refractivity contribution in [2.75, 3.05) is 25.5 Å². The molecule has 1 amide bonds. The van der Waals surface area contributed by atoms with E-state index in [0.717, 1.165) is 0 Å². The van der Waals surface area contributed by atoms with Gasteiger partial charge in [-0.1, -0.05) is 11.6 Å². The first kappa shape index (κ1) is 19.7. The van der Waals surface area contributed by atoms with Gasteiger partial charge < -0.3 is 10.1 Å². The topological polar surface area (TPSA) is 75.7 Å². The Hall–Kier alpha value is -2.09. The van der Waals surface area contributed by atoms with E-state index in [9.17, 15) is 13.2 Å². The maximum Gasteiger partial charge on any atom is 0.243 e. The lowest BCUT2D eigenvalue weighted by Crippen LogP contribution is -2.43. The van der Waals surface area contributed by atoms with Crippen molar-refractivity contribution in [1.29, 1.82) is 0 Å². The number of benzene rings is 2. The number of ether oxygens (including phenoxy) is 1. The normalized spacial score (nSPS) is 18.1. The third kappa shape index (κ3) is 4.61. The van der Waals surface area contributed by atoms with Crippen LogP contribution in [0.4, 0.5) is 5.69 Å². The molecule has 2 aromatic carbocycles. The van der Waals surface area contributed by atoms with E-state index in [1.165, 1.54) is 23.5 Å². The van der Waals surface area contributed by atoms with Gasteiger partial charge in [-0.3, -0.25) is 4.79 Å². The van der Waals surface area contributed by atoms with Crippen LogP contribution in [0.25, 0.3) is 0 Å². The average Bonchev–Trinajstić information content (AvgIpc) is 2.70. The minimum absolute atomic E-state index is 0.161. The van der Waals surface area contributed by atoms with E-state index in [1.807, 2.05) is 0 Å². The van der Waals surface area contributed by atoms with E-state index >= 15 is 0 Å². The van der Waals surface area contributed by atoms with Gasteiger partial charge in [0.1, 0.15) is 5.75 Å². The second-order valence-electron chi connectivity index (χ2n) is 6.37. The fourth-order valence-corrected chi connectivity index (χ4v) is 4.70. The third-order valence-corrected chi connectivity index (χ3v) is 6.70. The minimum Gasteiger partial charge on any atom is -0.497 e. The number of nitrogens with one attached hydrogen (secondary N) is 1. The second kappa shape index (κ2) is 8.29. The van der Waals surface area contributed by atoms with Gasteiger partial charge in [0.2, 0.25) is 15.9 Å². The van der Waals surface area contributed by atoms with Gasteiger partial charge in [-0.2, -0.15) is 4.31 Å². The highest BCUT2D eigenvalue weighted by Crippen LogP contribution is 2.26. The average molecular weight is 409 g/mol. The summed E-state index contributed by atoms with van der Waals surface area (Å²) in [6, 6.07) is 13.1. The number of methoxy groups -OCH3 is 1. The van der Waals surface area contributed by atoms with Gasteiger partial charge in [-0.15, -0.1) is 0 Å². The number of hydrogen-bond acceptors (Lipinski definition) is 4. The first-order valence-corrected chi connectivity index (χ1v) is 10.4. The van der Waals surface area contributed by atoms with Gasteiger partial charge in [0.25, 0.3) is 0 Å². The smallest absolute Gasteiger partial charge is 0.243 e. The molecule has 8 heteroatoms. The van der Waals surface area contributed by atoms with Gasteiger partial charge in [-0.25, -0.2) is 8.42 Å². The molecule has 0 saturated carbocycles. The van der Waals surface area contributed by atoms with Crippen molar-refractivity contribution >= 4 is 33.2 Å². The summed E-state index contributed by atoms with van der Waals surface area (Å²) in [4.78, 5) is 12.8. The summed E-state index contributed by atoms with van der Waals surface area (Å²) in [6.45, 7) is 0.562. The van der Waals surface area contributed by atoms with Crippen LogP contribution in [0.2, 0.25) is 5.02 Å². The molecule has 1 saturated heterocycles. The molecule has 1 aliphatic heterocycles. The number of carbonyl (C=O) groups excluding carboxylic acids is 1. The number of piperidine rings is 1. The monoisotopic (exact) mass is 408 g/mol. The zero-order chi connectivity index (χ0) is 19.4. The number of carbonyl (C=O) groups is 1. The van der Waals surface area contributed by atoms with E-state index in [0.29, 0.717) is 35.8 Å². The molecule has 1 atom stereocenters. The lowest BCUT2D eigenvalue weighted by molar-refractivity contribution is -0.120. The first-order valence-electron chi connectivity index (χ1n) is 8.61. The van der Waals surface area contributed by atoms with Crippen LogP contribution >= 0.6 is 11.6 Å². The van der Waals surface area contributed by atoms with Crippen molar-refractivity contribution in [2.24, 2.45) is 5.92 Å². The zero-order valence-electron chi connectivity index (χ0n) is 14.9. The predicted octanol–water partition coefficient (Wildman–Crippen LogP) is 3.39. The molecule has 0 aromatic heterocycles. The van der Waals surface area contributed by atoms with Crippen LogP contribution in [0.15, 0.2) is 53.4 Å². The van der Waals surface area contributed by atoms with Crippen LogP contribution in [-0.2, 0) is 14.8 Å². The fraction of sp³-hybridized carbons (Fsp3) is 0.316. The molecule has 0 bridgehead atoms. The summed E-state index contributed by atoms with van der Waals surface area (Å²) in [7, 11) is -2.13.